The zero-order chi connectivity index (χ0) is 10.2. The van der Waals surface area contributed by atoms with Gasteiger partial charge in [0.15, 0.2) is 0 Å². The first-order valence-corrected chi connectivity index (χ1v) is 5.23. The lowest BCUT2D eigenvalue weighted by atomic mass is 10.2. The average molecular weight is 224 g/mol. The van der Waals surface area contributed by atoms with Gasteiger partial charge in [0.1, 0.15) is 10.7 Å². The van der Waals surface area contributed by atoms with Crippen molar-refractivity contribution >= 4 is 21.6 Å². The lowest BCUT2D eigenvalue weighted by Crippen LogP contribution is -2.13. The van der Waals surface area contributed by atoms with Gasteiger partial charge in [0, 0.05) is 0 Å². The van der Waals surface area contributed by atoms with Gasteiger partial charge in [-0.25, -0.2) is 17.9 Å². The number of nitrogens with two attached hydrogens (primary N) is 1. The van der Waals surface area contributed by atoms with Crippen LogP contribution in [-0.2, 0) is 10.0 Å². The fourth-order valence-corrected chi connectivity index (χ4v) is 2.02. The number of benzene rings is 1. The minimum atomic E-state index is -3.95. The van der Waals surface area contributed by atoms with E-state index in [4.69, 9.17) is 16.7 Å². The molecule has 0 saturated heterocycles. The van der Waals surface area contributed by atoms with Gasteiger partial charge >= 0.3 is 0 Å². The van der Waals surface area contributed by atoms with Crippen molar-refractivity contribution in [2.24, 2.45) is 5.14 Å². The fourth-order valence-electron chi connectivity index (χ4n) is 0.902. The molecule has 0 unspecified atom stereocenters. The van der Waals surface area contributed by atoms with Gasteiger partial charge in [-0.05, 0) is 24.6 Å². The van der Waals surface area contributed by atoms with Crippen LogP contribution in [0.25, 0.3) is 0 Å². The van der Waals surface area contributed by atoms with E-state index in [-0.39, 0.29) is 9.92 Å². The summed E-state index contributed by atoms with van der Waals surface area (Å²) < 4.78 is 34.5. The minimum Gasteiger partial charge on any atom is -0.225 e. The van der Waals surface area contributed by atoms with Crippen LogP contribution in [0.2, 0.25) is 5.02 Å². The highest BCUT2D eigenvalue weighted by Gasteiger charge is 2.15. The molecular formula is C7H7ClFNO2S. The first kappa shape index (κ1) is 10.4. The lowest BCUT2D eigenvalue weighted by Gasteiger charge is -2.04. The number of sulfonamides is 1. The molecule has 0 aliphatic carbocycles. The Labute approximate surface area is 80.4 Å². The molecule has 1 aromatic rings. The summed E-state index contributed by atoms with van der Waals surface area (Å²) in [5.41, 5.74) is 0.339. The van der Waals surface area contributed by atoms with E-state index < -0.39 is 15.8 Å². The lowest BCUT2D eigenvalue weighted by molar-refractivity contribution is 0.592. The first-order chi connectivity index (χ1) is 5.82. The third-order valence-corrected chi connectivity index (χ3v) is 3.04. The third kappa shape index (κ3) is 2.18. The Morgan fingerprint density at radius 2 is 2.00 bits per heavy atom. The molecule has 0 saturated carbocycles. The summed E-state index contributed by atoms with van der Waals surface area (Å²) in [4.78, 5) is -0.383. The Bertz CT molecular complexity index is 444. The maximum Gasteiger partial charge on any atom is 0.239 e. The van der Waals surface area contributed by atoms with E-state index in [1.54, 1.807) is 0 Å². The van der Waals surface area contributed by atoms with Crippen LogP contribution in [0.4, 0.5) is 4.39 Å². The number of rotatable bonds is 1. The number of halogens is 2. The maximum atomic E-state index is 12.8. The van der Waals surface area contributed by atoms with Gasteiger partial charge in [0.25, 0.3) is 0 Å². The zero-order valence-corrected chi connectivity index (χ0v) is 8.29. The van der Waals surface area contributed by atoms with Gasteiger partial charge in [-0.2, -0.15) is 0 Å². The molecule has 0 amide bonds. The molecular weight excluding hydrogens is 217 g/mol. The first-order valence-electron chi connectivity index (χ1n) is 3.31. The molecule has 1 rings (SSSR count). The largest absolute Gasteiger partial charge is 0.239 e. The summed E-state index contributed by atoms with van der Waals surface area (Å²) in [5, 5.41) is 4.78. The SMILES string of the molecule is Cc1cc(F)cc(S(N)(=O)=O)c1Cl. The van der Waals surface area contributed by atoms with Crippen LogP contribution >= 0.6 is 11.6 Å². The molecule has 0 bridgehead atoms. The molecule has 2 N–H and O–H groups in total. The molecule has 0 aromatic heterocycles. The molecule has 6 heteroatoms. The number of hydrogen-bond acceptors (Lipinski definition) is 2. The van der Waals surface area contributed by atoms with Crippen molar-refractivity contribution in [1.29, 1.82) is 0 Å². The zero-order valence-electron chi connectivity index (χ0n) is 6.71. The molecule has 1 aromatic carbocycles. The predicted molar refractivity (Wildman–Crippen MR) is 47.5 cm³/mol. The van der Waals surface area contributed by atoms with Crippen LogP contribution in [0, 0.1) is 12.7 Å². The van der Waals surface area contributed by atoms with E-state index in [1.807, 2.05) is 0 Å². The van der Waals surface area contributed by atoms with E-state index in [2.05, 4.69) is 0 Å². The molecule has 0 aliphatic rings. The second-order valence-corrected chi connectivity index (χ2v) is 4.49. The average Bonchev–Trinajstić information content (AvgIpc) is 1.94. The predicted octanol–water partition coefficient (Wildman–Crippen LogP) is 1.43. The molecule has 72 valence electrons. The van der Waals surface area contributed by atoms with Crippen molar-refractivity contribution < 1.29 is 12.8 Å². The quantitative estimate of drug-likeness (QED) is 0.783. The third-order valence-electron chi connectivity index (χ3n) is 1.49. The van der Waals surface area contributed by atoms with Gasteiger partial charge < -0.3 is 0 Å². The van der Waals surface area contributed by atoms with Crippen molar-refractivity contribution in [2.45, 2.75) is 11.8 Å². The van der Waals surface area contributed by atoms with Gasteiger partial charge in [-0.1, -0.05) is 11.6 Å². The van der Waals surface area contributed by atoms with E-state index in [9.17, 15) is 12.8 Å². The van der Waals surface area contributed by atoms with E-state index in [0.29, 0.717) is 5.56 Å². The fraction of sp³-hybridized carbons (Fsp3) is 0.143. The molecule has 13 heavy (non-hydrogen) atoms. The molecule has 0 spiro atoms. The number of hydrogen-bond donors (Lipinski definition) is 1. The van der Waals surface area contributed by atoms with Crippen molar-refractivity contribution in [3.63, 3.8) is 0 Å². The topological polar surface area (TPSA) is 60.2 Å². The van der Waals surface area contributed by atoms with Crippen LogP contribution in [0.1, 0.15) is 5.56 Å². The number of primary sulfonamides is 1. The van der Waals surface area contributed by atoms with Crippen molar-refractivity contribution in [3.05, 3.63) is 28.5 Å². The highest BCUT2D eigenvalue weighted by molar-refractivity contribution is 7.89. The van der Waals surface area contributed by atoms with Gasteiger partial charge in [-0.3, -0.25) is 0 Å². The Balaban J connectivity index is 3.56. The van der Waals surface area contributed by atoms with Crippen molar-refractivity contribution in [1.82, 2.24) is 0 Å². The molecule has 0 aliphatic heterocycles. The highest BCUT2D eigenvalue weighted by atomic mass is 35.5. The summed E-state index contributed by atoms with van der Waals surface area (Å²) in [7, 11) is -3.95. The Morgan fingerprint density at radius 3 is 2.46 bits per heavy atom. The van der Waals surface area contributed by atoms with Crippen LogP contribution in [0.5, 0.6) is 0 Å². The molecule has 0 fully saturated rings. The smallest absolute Gasteiger partial charge is 0.225 e. The van der Waals surface area contributed by atoms with Crippen molar-refractivity contribution in [3.8, 4) is 0 Å². The number of aryl methyl sites for hydroxylation is 1. The van der Waals surface area contributed by atoms with E-state index in [0.717, 1.165) is 12.1 Å². The Morgan fingerprint density at radius 1 is 1.46 bits per heavy atom. The Hall–Kier alpha value is -0.650. The summed E-state index contributed by atoms with van der Waals surface area (Å²) >= 11 is 5.62. The maximum absolute atomic E-state index is 12.8. The molecule has 3 nitrogen and oxygen atoms in total. The van der Waals surface area contributed by atoms with Crippen LogP contribution in [0.3, 0.4) is 0 Å². The molecule has 0 radical (unpaired) electrons. The second kappa shape index (κ2) is 3.25. The molecule has 0 atom stereocenters. The van der Waals surface area contributed by atoms with Crippen molar-refractivity contribution in [2.75, 3.05) is 0 Å². The van der Waals surface area contributed by atoms with E-state index >= 15 is 0 Å². The normalized spacial score (nSPS) is 11.7. The summed E-state index contributed by atoms with van der Waals surface area (Å²) in [6.07, 6.45) is 0. The second-order valence-electron chi connectivity index (χ2n) is 2.58. The molecule has 0 heterocycles. The van der Waals surface area contributed by atoms with Crippen LogP contribution < -0.4 is 5.14 Å². The summed E-state index contributed by atoms with van der Waals surface area (Å²) in [6.45, 7) is 1.50. The minimum absolute atomic E-state index is 0.0381. The summed E-state index contributed by atoms with van der Waals surface area (Å²) in [6, 6.07) is 1.93. The van der Waals surface area contributed by atoms with E-state index in [1.165, 1.54) is 6.92 Å². The van der Waals surface area contributed by atoms with Crippen LogP contribution in [-0.4, -0.2) is 8.42 Å². The van der Waals surface area contributed by atoms with Gasteiger partial charge in [0.2, 0.25) is 10.0 Å². The van der Waals surface area contributed by atoms with Gasteiger partial charge in [0.05, 0.1) is 5.02 Å². The summed E-state index contributed by atoms with van der Waals surface area (Å²) in [5.74, 6) is -0.675. The van der Waals surface area contributed by atoms with Crippen LogP contribution in [0.15, 0.2) is 17.0 Å². The monoisotopic (exact) mass is 223 g/mol. The standard InChI is InChI=1S/C7H7ClFNO2S/c1-4-2-5(9)3-6(7(4)8)13(10,11)12/h2-3H,1H3,(H2,10,11,12). The highest BCUT2D eigenvalue weighted by Crippen LogP contribution is 2.24. The van der Waals surface area contributed by atoms with Gasteiger partial charge in [-0.15, -0.1) is 0 Å². The Kier molecular flexibility index (Phi) is 2.61.